The van der Waals surface area contributed by atoms with Crippen molar-refractivity contribution in [3.8, 4) is 11.5 Å². The first-order valence-electron chi connectivity index (χ1n) is 10.8. The summed E-state index contributed by atoms with van der Waals surface area (Å²) in [5.41, 5.74) is 1.56. The molecule has 6 nitrogen and oxygen atoms in total. The third-order valence-electron chi connectivity index (χ3n) is 5.15. The quantitative estimate of drug-likeness (QED) is 0.137. The number of ketones is 1. The van der Waals surface area contributed by atoms with Gasteiger partial charge in [-0.1, -0.05) is 44.1 Å². The van der Waals surface area contributed by atoms with Crippen molar-refractivity contribution in [3.05, 3.63) is 53.1 Å². The summed E-state index contributed by atoms with van der Waals surface area (Å²) in [7, 11) is 0. The summed E-state index contributed by atoms with van der Waals surface area (Å²) in [4.78, 5) is 23.4. The van der Waals surface area contributed by atoms with Crippen LogP contribution in [0.1, 0.15) is 67.6 Å². The molecule has 2 aromatic rings. The number of hydrogen-bond acceptors (Lipinski definition) is 7. The number of hydrogen-bond donors (Lipinski definition) is 1. The number of carbonyl (C=O) groups excluding carboxylic acids is 2. The zero-order valence-electron chi connectivity index (χ0n) is 20.8. The summed E-state index contributed by atoms with van der Waals surface area (Å²) in [6, 6.07) is 10.6. The number of carboxylic acid groups (broad SMARTS) is 1. The van der Waals surface area contributed by atoms with E-state index in [1.54, 1.807) is 43.0 Å². The number of carbonyl (C=O) groups is 2. The molecular formula is C25H30Na2O6S. The van der Waals surface area contributed by atoms with E-state index in [1.165, 1.54) is 6.92 Å². The van der Waals surface area contributed by atoms with Gasteiger partial charge in [0, 0.05) is 22.2 Å². The van der Waals surface area contributed by atoms with Crippen LogP contribution in [0.25, 0.3) is 0 Å². The van der Waals surface area contributed by atoms with E-state index < -0.39 is 18.0 Å². The van der Waals surface area contributed by atoms with Gasteiger partial charge in [0.1, 0.15) is 11.5 Å². The molecule has 0 fully saturated rings. The molecular weight excluding hydrogens is 474 g/mol. The number of Topliss-reactive ketones (excluding diaryl/α,β-unsaturated/α-hetero) is 1. The number of ether oxygens (including phenoxy) is 1. The Kier molecular flexibility index (Phi) is 16.8. The van der Waals surface area contributed by atoms with Gasteiger partial charge in [-0.15, -0.1) is 11.8 Å². The van der Waals surface area contributed by atoms with Crippen molar-refractivity contribution in [1.82, 2.24) is 0 Å². The number of phenolic OH excluding ortho intramolecular Hbond substituents is 1. The van der Waals surface area contributed by atoms with Crippen LogP contribution in [-0.2, 0) is 11.2 Å². The van der Waals surface area contributed by atoms with E-state index in [0.717, 1.165) is 23.5 Å². The Labute approximate surface area is 250 Å². The fraction of sp³-hybridized carbons (Fsp3) is 0.440. The smallest absolute Gasteiger partial charge is 0.848 e. The molecule has 0 aliphatic carbocycles. The van der Waals surface area contributed by atoms with E-state index >= 15 is 0 Å². The van der Waals surface area contributed by atoms with Crippen LogP contribution >= 0.6 is 11.8 Å². The van der Waals surface area contributed by atoms with Crippen LogP contribution in [-0.4, -0.2) is 29.2 Å². The largest absolute Gasteiger partial charge is 1.00 e. The molecule has 0 radical (unpaired) electrons. The average Bonchev–Trinajstić information content (AvgIpc) is 2.75. The monoisotopic (exact) mass is 504 g/mol. The second kappa shape index (κ2) is 17.0. The Morgan fingerprint density at radius 2 is 1.76 bits per heavy atom. The Morgan fingerprint density at radius 1 is 1.12 bits per heavy atom. The van der Waals surface area contributed by atoms with Gasteiger partial charge in [0.15, 0.2) is 5.78 Å². The first-order chi connectivity index (χ1) is 15.2. The molecule has 0 aliphatic rings. The number of rotatable bonds is 13. The van der Waals surface area contributed by atoms with E-state index in [4.69, 9.17) is 4.74 Å². The number of phenols is 1. The van der Waals surface area contributed by atoms with Gasteiger partial charge in [-0.25, -0.2) is 0 Å². The van der Waals surface area contributed by atoms with Crippen LogP contribution < -0.4 is 74.1 Å². The van der Waals surface area contributed by atoms with Crippen molar-refractivity contribution in [2.45, 2.75) is 57.5 Å². The molecule has 34 heavy (non-hydrogen) atoms. The van der Waals surface area contributed by atoms with Gasteiger partial charge >= 0.3 is 59.1 Å². The number of aromatic hydroxyl groups is 1. The Hall–Kier alpha value is -0.510. The fourth-order valence-electron chi connectivity index (χ4n) is 3.41. The van der Waals surface area contributed by atoms with E-state index in [2.05, 4.69) is 0 Å². The van der Waals surface area contributed by atoms with E-state index in [0.29, 0.717) is 35.5 Å². The average molecular weight is 505 g/mol. The molecule has 0 saturated heterocycles. The summed E-state index contributed by atoms with van der Waals surface area (Å²) in [5.74, 6) is -0.489. The molecule has 0 spiro atoms. The normalized spacial score (nSPS) is 12.1. The zero-order chi connectivity index (χ0) is 23.7. The van der Waals surface area contributed by atoms with Gasteiger partial charge in [-0.05, 0) is 56.4 Å². The van der Waals surface area contributed by atoms with Gasteiger partial charge in [-0.3, -0.25) is 4.79 Å². The predicted molar refractivity (Wildman–Crippen MR) is 121 cm³/mol. The molecule has 0 saturated carbocycles. The summed E-state index contributed by atoms with van der Waals surface area (Å²) in [5, 5.41) is 33.4. The van der Waals surface area contributed by atoms with Gasteiger partial charge in [0.2, 0.25) is 0 Å². The van der Waals surface area contributed by atoms with Crippen molar-refractivity contribution in [2.75, 3.05) is 12.4 Å². The molecule has 0 heterocycles. The maximum atomic E-state index is 12.3. The SMILES string of the molecule is CCCc1c(OCCCSc2ccc(C([O-])C(C)CC(=O)[O-])cc2)ccc(C(C)=O)c1O.[Na+].[Na+]. The minimum Gasteiger partial charge on any atom is -0.848 e. The molecule has 1 N–H and O–H groups in total. The van der Waals surface area contributed by atoms with Crippen molar-refractivity contribution >= 4 is 23.5 Å². The topological polar surface area (TPSA) is 110 Å². The second-order valence-electron chi connectivity index (χ2n) is 7.84. The molecule has 0 aromatic heterocycles. The van der Waals surface area contributed by atoms with Crippen molar-refractivity contribution in [2.24, 2.45) is 5.92 Å². The van der Waals surface area contributed by atoms with Gasteiger partial charge in [0.05, 0.1) is 12.2 Å². The van der Waals surface area contributed by atoms with Gasteiger partial charge in [-0.2, -0.15) is 0 Å². The van der Waals surface area contributed by atoms with Gasteiger partial charge < -0.3 is 24.9 Å². The molecule has 2 unspecified atom stereocenters. The predicted octanol–water partition coefficient (Wildman–Crippen LogP) is -2.71. The van der Waals surface area contributed by atoms with Crippen LogP contribution in [0.3, 0.4) is 0 Å². The second-order valence-corrected chi connectivity index (χ2v) is 9.01. The molecule has 2 rings (SSSR count). The van der Waals surface area contributed by atoms with Crippen LogP contribution in [0.5, 0.6) is 11.5 Å². The van der Waals surface area contributed by atoms with Crippen LogP contribution in [0.15, 0.2) is 41.3 Å². The maximum Gasteiger partial charge on any atom is 1.00 e. The van der Waals surface area contributed by atoms with Crippen molar-refractivity contribution in [3.63, 3.8) is 0 Å². The number of carboxylic acids is 1. The maximum absolute atomic E-state index is 12.3. The Bertz CT molecular complexity index is 920. The summed E-state index contributed by atoms with van der Waals surface area (Å²) >= 11 is 1.64. The number of aliphatic carboxylic acids is 1. The molecule has 2 aromatic carbocycles. The van der Waals surface area contributed by atoms with Crippen LogP contribution in [0.2, 0.25) is 0 Å². The fourth-order valence-corrected chi connectivity index (χ4v) is 4.24. The molecule has 0 amide bonds. The molecule has 0 aliphatic heterocycles. The first kappa shape index (κ1) is 33.5. The minimum absolute atomic E-state index is 0. The minimum atomic E-state index is -1.21. The summed E-state index contributed by atoms with van der Waals surface area (Å²) in [6.07, 6.45) is 0.891. The molecule has 174 valence electrons. The summed E-state index contributed by atoms with van der Waals surface area (Å²) in [6.45, 7) is 5.53. The van der Waals surface area contributed by atoms with Crippen molar-refractivity contribution < 1.29 is 88.8 Å². The number of thioether (sulfide) groups is 1. The standard InChI is InChI=1S/C25H31O6S.2Na/c1-4-6-21-22(12-11-20(17(3)26)25(21)30)31-13-5-14-32-19-9-7-18(8-10-19)24(29)16(2)15-23(27)28;;/h7-12,16,24,30H,4-6,13-15H2,1-3H3,(H,27,28);;/q-1;2*+1/p-1. The van der Waals surface area contributed by atoms with Gasteiger partial charge in [0.25, 0.3) is 0 Å². The third kappa shape index (κ3) is 10.2. The van der Waals surface area contributed by atoms with Crippen LogP contribution in [0, 0.1) is 5.92 Å². The zero-order valence-corrected chi connectivity index (χ0v) is 25.6. The summed E-state index contributed by atoms with van der Waals surface area (Å²) < 4.78 is 5.87. The Morgan fingerprint density at radius 3 is 2.32 bits per heavy atom. The van der Waals surface area contributed by atoms with Crippen LogP contribution in [0.4, 0.5) is 0 Å². The Balaban J connectivity index is 0.00000544. The van der Waals surface area contributed by atoms with Crippen molar-refractivity contribution in [1.29, 1.82) is 0 Å². The molecule has 0 bridgehead atoms. The molecule has 9 heteroatoms. The first-order valence-corrected chi connectivity index (χ1v) is 11.8. The molecule has 2 atom stereocenters. The van der Waals surface area contributed by atoms with E-state index in [9.17, 15) is 24.9 Å². The third-order valence-corrected chi connectivity index (χ3v) is 6.25. The van der Waals surface area contributed by atoms with E-state index in [-0.39, 0.29) is 77.1 Å². The number of benzene rings is 2. The van der Waals surface area contributed by atoms with E-state index in [1.807, 2.05) is 19.1 Å².